The van der Waals surface area contributed by atoms with Gasteiger partial charge in [0.25, 0.3) is 0 Å². The van der Waals surface area contributed by atoms with E-state index in [-0.39, 0.29) is 5.54 Å². The Balaban J connectivity index is 1.61. The van der Waals surface area contributed by atoms with Crippen LogP contribution in [0, 0.1) is 0 Å². The van der Waals surface area contributed by atoms with Crippen LogP contribution in [0.25, 0.3) is 0 Å². The molecular weight excluding hydrogens is 292 g/mol. The molecule has 0 atom stereocenters. The average molecular weight is 312 g/mol. The number of amidine groups is 1. The van der Waals surface area contributed by atoms with Crippen molar-refractivity contribution in [1.29, 1.82) is 0 Å². The van der Waals surface area contributed by atoms with Crippen molar-refractivity contribution < 1.29 is 0 Å². The van der Waals surface area contributed by atoms with Gasteiger partial charge >= 0.3 is 0 Å². The lowest BCUT2D eigenvalue weighted by Gasteiger charge is -2.41. The summed E-state index contributed by atoms with van der Waals surface area (Å²) in [5.74, 6) is 2.05. The van der Waals surface area contributed by atoms with Gasteiger partial charge in [0.15, 0.2) is 10.8 Å². The summed E-state index contributed by atoms with van der Waals surface area (Å²) < 4.78 is 0. The summed E-state index contributed by atoms with van der Waals surface area (Å²) in [5.41, 5.74) is 3.11. The Labute approximate surface area is 134 Å². The van der Waals surface area contributed by atoms with E-state index in [0.29, 0.717) is 0 Å². The summed E-state index contributed by atoms with van der Waals surface area (Å²) in [7, 11) is 0. The number of nitrogens with zero attached hydrogens (tertiary/aromatic N) is 2. The molecule has 0 radical (unpaired) electrons. The third-order valence-electron chi connectivity index (χ3n) is 4.58. The number of aliphatic imine (C=N–C) groups is 1. The Kier molecular flexibility index (Phi) is 3.58. The zero-order valence-electron chi connectivity index (χ0n) is 12.5. The number of anilines is 1. The molecule has 0 unspecified atom stereocenters. The van der Waals surface area contributed by atoms with Crippen molar-refractivity contribution in [2.24, 2.45) is 4.99 Å². The molecule has 4 nitrogen and oxygen atoms in total. The molecule has 1 aromatic heterocycles. The molecule has 2 aliphatic rings. The molecule has 2 N–H and O–H groups in total. The fourth-order valence-corrected chi connectivity index (χ4v) is 4.02. The van der Waals surface area contributed by atoms with Crippen LogP contribution in [0.15, 0.2) is 40.8 Å². The van der Waals surface area contributed by atoms with Crippen LogP contribution in [0.1, 0.15) is 37.7 Å². The Bertz CT molecular complexity index is 671. The van der Waals surface area contributed by atoms with Gasteiger partial charge in [0.2, 0.25) is 0 Å². The lowest BCUT2D eigenvalue weighted by molar-refractivity contribution is 0.395. The van der Waals surface area contributed by atoms with E-state index in [1.807, 2.05) is 5.51 Å². The number of fused-ring (bicyclic) bond motifs is 1. The zero-order valence-corrected chi connectivity index (χ0v) is 13.3. The van der Waals surface area contributed by atoms with Crippen LogP contribution < -0.4 is 10.6 Å². The quantitative estimate of drug-likeness (QED) is 0.878. The van der Waals surface area contributed by atoms with Crippen molar-refractivity contribution >= 4 is 28.0 Å². The molecule has 4 rings (SSSR count). The van der Waals surface area contributed by atoms with Crippen LogP contribution in [0.4, 0.5) is 10.8 Å². The van der Waals surface area contributed by atoms with Crippen molar-refractivity contribution in [1.82, 2.24) is 10.3 Å². The van der Waals surface area contributed by atoms with E-state index < -0.39 is 0 Å². The summed E-state index contributed by atoms with van der Waals surface area (Å²) in [6.07, 6.45) is 6.07. The van der Waals surface area contributed by atoms with E-state index in [1.54, 1.807) is 11.3 Å². The van der Waals surface area contributed by atoms with Gasteiger partial charge in [-0.25, -0.2) is 9.98 Å². The molecule has 22 heavy (non-hydrogen) atoms. The molecule has 5 heteroatoms. The van der Waals surface area contributed by atoms with Gasteiger partial charge in [-0.3, -0.25) is 0 Å². The number of benzene rings is 1. The molecule has 114 valence electrons. The lowest BCUT2D eigenvalue weighted by Crippen LogP contribution is -2.54. The SMILES string of the molecule is c1ccc(CNC2=Nc3scnc3NC23CCCCC3)cc1. The number of aromatic nitrogens is 1. The van der Waals surface area contributed by atoms with Crippen LogP contribution in [0.5, 0.6) is 0 Å². The highest BCUT2D eigenvalue weighted by Crippen LogP contribution is 2.41. The second kappa shape index (κ2) is 5.72. The normalized spacial score (nSPS) is 19.2. The fourth-order valence-electron chi connectivity index (χ4n) is 3.41. The number of nitrogens with one attached hydrogen (secondary N) is 2. The van der Waals surface area contributed by atoms with Crippen LogP contribution in [0.3, 0.4) is 0 Å². The Morgan fingerprint density at radius 3 is 2.77 bits per heavy atom. The topological polar surface area (TPSA) is 49.3 Å². The number of rotatable bonds is 2. The van der Waals surface area contributed by atoms with Crippen molar-refractivity contribution in [2.75, 3.05) is 5.32 Å². The van der Waals surface area contributed by atoms with Gasteiger partial charge in [-0.05, 0) is 18.4 Å². The number of hydrogen-bond donors (Lipinski definition) is 2. The third-order valence-corrected chi connectivity index (χ3v) is 5.30. The first-order chi connectivity index (χ1) is 10.9. The molecule has 1 aromatic carbocycles. The molecule has 1 aliphatic heterocycles. The second-order valence-corrected chi connectivity index (χ2v) is 6.91. The van der Waals surface area contributed by atoms with Crippen LogP contribution in [-0.2, 0) is 6.54 Å². The Morgan fingerprint density at radius 2 is 1.95 bits per heavy atom. The molecule has 1 fully saturated rings. The highest BCUT2D eigenvalue weighted by Gasteiger charge is 2.41. The largest absolute Gasteiger partial charge is 0.367 e. The van der Waals surface area contributed by atoms with E-state index in [0.717, 1.165) is 36.0 Å². The minimum Gasteiger partial charge on any atom is -0.367 e. The summed E-state index contributed by atoms with van der Waals surface area (Å²) in [6.45, 7) is 0.817. The molecule has 2 aromatic rings. The Morgan fingerprint density at radius 1 is 1.14 bits per heavy atom. The van der Waals surface area contributed by atoms with Crippen molar-refractivity contribution in [3.8, 4) is 0 Å². The maximum Gasteiger partial charge on any atom is 0.164 e. The third kappa shape index (κ3) is 2.50. The standard InChI is InChI=1S/C17H20N4S/c1-3-7-13(8-4-1)11-18-16-17(9-5-2-6-10-17)21-14-15(20-16)22-12-19-14/h1,3-4,7-8,12,21H,2,5-6,9-11H2,(H,18,20). The summed E-state index contributed by atoms with van der Waals surface area (Å²) in [4.78, 5) is 9.33. The predicted octanol–water partition coefficient (Wildman–Crippen LogP) is 4.09. The minimum atomic E-state index is -0.0475. The van der Waals surface area contributed by atoms with Gasteiger partial charge in [0.05, 0.1) is 11.0 Å². The number of thiazole rings is 1. The average Bonchev–Trinajstić information content (AvgIpc) is 3.01. The maximum absolute atomic E-state index is 4.90. The summed E-state index contributed by atoms with van der Waals surface area (Å²) in [6, 6.07) is 10.5. The molecule has 0 amide bonds. The molecule has 0 saturated heterocycles. The highest BCUT2D eigenvalue weighted by atomic mass is 32.1. The van der Waals surface area contributed by atoms with E-state index in [2.05, 4.69) is 45.9 Å². The van der Waals surface area contributed by atoms with Crippen molar-refractivity contribution in [3.63, 3.8) is 0 Å². The van der Waals surface area contributed by atoms with Gasteiger partial charge in [-0.1, -0.05) is 49.6 Å². The summed E-state index contributed by atoms with van der Waals surface area (Å²) in [5, 5.41) is 8.27. The van der Waals surface area contributed by atoms with Crippen molar-refractivity contribution in [2.45, 2.75) is 44.2 Å². The molecule has 1 aliphatic carbocycles. The highest BCUT2D eigenvalue weighted by molar-refractivity contribution is 7.14. The lowest BCUT2D eigenvalue weighted by atomic mass is 9.80. The van der Waals surface area contributed by atoms with Gasteiger partial charge in [-0.2, -0.15) is 0 Å². The fraction of sp³-hybridized carbons (Fsp3) is 0.412. The van der Waals surface area contributed by atoms with E-state index >= 15 is 0 Å². The van der Waals surface area contributed by atoms with E-state index in [4.69, 9.17) is 4.99 Å². The minimum absolute atomic E-state index is 0.0475. The van der Waals surface area contributed by atoms with Gasteiger partial charge in [-0.15, -0.1) is 11.3 Å². The first-order valence-electron chi connectivity index (χ1n) is 7.94. The summed E-state index contributed by atoms with van der Waals surface area (Å²) >= 11 is 1.60. The Hall–Kier alpha value is -1.88. The van der Waals surface area contributed by atoms with Gasteiger partial charge in [0, 0.05) is 6.54 Å². The van der Waals surface area contributed by atoms with Crippen LogP contribution >= 0.6 is 11.3 Å². The zero-order chi connectivity index (χ0) is 14.8. The monoisotopic (exact) mass is 312 g/mol. The van der Waals surface area contributed by atoms with Gasteiger partial charge < -0.3 is 10.6 Å². The molecule has 1 spiro atoms. The van der Waals surface area contributed by atoms with Crippen LogP contribution in [-0.4, -0.2) is 16.4 Å². The predicted molar refractivity (Wildman–Crippen MR) is 91.9 cm³/mol. The molecular formula is C17H20N4S. The second-order valence-electron chi connectivity index (χ2n) is 6.07. The number of hydrogen-bond acceptors (Lipinski definition) is 5. The molecule has 0 bridgehead atoms. The van der Waals surface area contributed by atoms with E-state index in [1.165, 1.54) is 24.8 Å². The van der Waals surface area contributed by atoms with E-state index in [9.17, 15) is 0 Å². The molecule has 2 heterocycles. The first-order valence-corrected chi connectivity index (χ1v) is 8.82. The maximum atomic E-state index is 4.90. The van der Waals surface area contributed by atoms with Crippen LogP contribution in [0.2, 0.25) is 0 Å². The molecule has 1 saturated carbocycles. The van der Waals surface area contributed by atoms with Gasteiger partial charge in [0.1, 0.15) is 5.84 Å². The smallest absolute Gasteiger partial charge is 0.164 e. The first kappa shape index (κ1) is 13.8. The van der Waals surface area contributed by atoms with Crippen molar-refractivity contribution in [3.05, 3.63) is 41.4 Å².